The molecule has 114 valence electrons. The van der Waals surface area contributed by atoms with Gasteiger partial charge in [0.25, 0.3) is 0 Å². The molecule has 0 saturated heterocycles. The molecule has 0 radical (unpaired) electrons. The highest BCUT2D eigenvalue weighted by Crippen LogP contribution is 2.26. The molecular formula is C15H26ClN3O. The van der Waals surface area contributed by atoms with E-state index in [1.54, 1.807) is 0 Å². The van der Waals surface area contributed by atoms with Crippen LogP contribution in [0.15, 0.2) is 0 Å². The molecule has 1 heterocycles. The molecule has 1 aromatic rings. The van der Waals surface area contributed by atoms with Crippen molar-refractivity contribution in [2.45, 2.75) is 52.9 Å². The molecule has 0 aliphatic rings. The van der Waals surface area contributed by atoms with Crippen LogP contribution in [0.4, 0.5) is 5.82 Å². The Bertz CT molecular complexity index is 443. The first-order valence-corrected chi connectivity index (χ1v) is 7.53. The number of hydrogen-bond acceptors (Lipinski definition) is 4. The number of aromatic nitrogens is 2. The van der Waals surface area contributed by atoms with Crippen LogP contribution in [0, 0.1) is 12.8 Å². The average Bonchev–Trinajstić information content (AvgIpc) is 2.37. The van der Waals surface area contributed by atoms with Crippen LogP contribution in [0.5, 0.6) is 0 Å². The van der Waals surface area contributed by atoms with Crippen molar-refractivity contribution in [3.8, 4) is 0 Å². The Morgan fingerprint density at radius 2 is 1.95 bits per heavy atom. The topological polar surface area (TPSA) is 58.0 Å². The van der Waals surface area contributed by atoms with Gasteiger partial charge in [-0.1, -0.05) is 39.3 Å². The van der Waals surface area contributed by atoms with Crippen LogP contribution in [0.1, 0.15) is 51.9 Å². The van der Waals surface area contributed by atoms with E-state index in [0.29, 0.717) is 11.1 Å². The van der Waals surface area contributed by atoms with Crippen molar-refractivity contribution in [3.63, 3.8) is 0 Å². The number of anilines is 1. The van der Waals surface area contributed by atoms with Crippen LogP contribution in [0.25, 0.3) is 0 Å². The van der Waals surface area contributed by atoms with E-state index < -0.39 is 0 Å². The van der Waals surface area contributed by atoms with Gasteiger partial charge in [-0.05, 0) is 25.7 Å². The lowest BCUT2D eigenvalue weighted by molar-refractivity contribution is 0.229. The van der Waals surface area contributed by atoms with Gasteiger partial charge in [-0.25, -0.2) is 9.97 Å². The molecule has 0 aliphatic carbocycles. The Morgan fingerprint density at radius 1 is 1.30 bits per heavy atom. The second kappa shape index (κ2) is 7.23. The van der Waals surface area contributed by atoms with Gasteiger partial charge in [-0.15, -0.1) is 0 Å². The standard InChI is InChI=1S/C15H26ClN3O/c1-10(9-20)7-6-8-17-13-11(2)12(16)18-14(19-13)15(3,4)5/h10,20H,6-9H2,1-5H3,(H,17,18,19). The van der Waals surface area contributed by atoms with Crippen molar-refractivity contribution in [1.29, 1.82) is 0 Å². The lowest BCUT2D eigenvalue weighted by atomic mass is 9.95. The quantitative estimate of drug-likeness (QED) is 0.623. The summed E-state index contributed by atoms with van der Waals surface area (Å²) in [5, 5.41) is 12.8. The number of nitrogens with zero attached hydrogens (tertiary/aromatic N) is 2. The first-order valence-electron chi connectivity index (χ1n) is 7.15. The van der Waals surface area contributed by atoms with Crippen molar-refractivity contribution in [2.24, 2.45) is 5.92 Å². The minimum absolute atomic E-state index is 0.126. The molecule has 1 atom stereocenters. The van der Waals surface area contributed by atoms with Crippen LogP contribution in [0.3, 0.4) is 0 Å². The molecule has 4 nitrogen and oxygen atoms in total. The third-order valence-corrected chi connectivity index (χ3v) is 3.60. The molecule has 1 aromatic heterocycles. The molecule has 0 bridgehead atoms. The number of hydrogen-bond donors (Lipinski definition) is 2. The van der Waals surface area contributed by atoms with Gasteiger partial charge in [0.1, 0.15) is 16.8 Å². The highest BCUT2D eigenvalue weighted by molar-refractivity contribution is 6.30. The Morgan fingerprint density at radius 3 is 2.50 bits per heavy atom. The van der Waals surface area contributed by atoms with E-state index in [1.165, 1.54) is 0 Å². The molecule has 20 heavy (non-hydrogen) atoms. The molecule has 5 heteroatoms. The molecule has 0 fully saturated rings. The van der Waals surface area contributed by atoms with E-state index in [1.807, 2.05) is 13.8 Å². The number of nitrogens with one attached hydrogen (secondary N) is 1. The summed E-state index contributed by atoms with van der Waals surface area (Å²) in [6.07, 6.45) is 1.99. The molecular weight excluding hydrogens is 274 g/mol. The van der Waals surface area contributed by atoms with Gasteiger partial charge < -0.3 is 10.4 Å². The Labute approximate surface area is 127 Å². The Balaban J connectivity index is 2.72. The second-order valence-corrected chi connectivity index (χ2v) is 6.78. The van der Waals surface area contributed by atoms with Gasteiger partial charge in [-0.3, -0.25) is 0 Å². The van der Waals surface area contributed by atoms with Crippen molar-refractivity contribution in [3.05, 3.63) is 16.5 Å². The minimum atomic E-state index is -0.126. The van der Waals surface area contributed by atoms with Gasteiger partial charge >= 0.3 is 0 Å². The summed E-state index contributed by atoms with van der Waals surface area (Å²) < 4.78 is 0. The first-order chi connectivity index (χ1) is 9.25. The summed E-state index contributed by atoms with van der Waals surface area (Å²) in [6.45, 7) is 11.2. The molecule has 0 amide bonds. The summed E-state index contributed by atoms with van der Waals surface area (Å²) in [5.41, 5.74) is 0.758. The number of aliphatic hydroxyl groups excluding tert-OH is 1. The fourth-order valence-electron chi connectivity index (χ4n) is 1.75. The lowest BCUT2D eigenvalue weighted by Crippen LogP contribution is -2.18. The van der Waals surface area contributed by atoms with Crippen molar-refractivity contribution in [1.82, 2.24) is 9.97 Å². The summed E-state index contributed by atoms with van der Waals surface area (Å²) in [5.74, 6) is 1.91. The number of aliphatic hydroxyl groups is 1. The summed E-state index contributed by atoms with van der Waals surface area (Å²) >= 11 is 6.19. The highest BCUT2D eigenvalue weighted by Gasteiger charge is 2.20. The zero-order chi connectivity index (χ0) is 15.3. The predicted octanol–water partition coefficient (Wildman–Crippen LogP) is 3.56. The summed E-state index contributed by atoms with van der Waals surface area (Å²) in [4.78, 5) is 8.94. The zero-order valence-electron chi connectivity index (χ0n) is 13.1. The van der Waals surface area contributed by atoms with E-state index >= 15 is 0 Å². The van der Waals surface area contributed by atoms with Crippen molar-refractivity contribution < 1.29 is 5.11 Å². The Kier molecular flexibility index (Phi) is 6.21. The van der Waals surface area contributed by atoms with Gasteiger partial charge in [0.15, 0.2) is 0 Å². The van der Waals surface area contributed by atoms with E-state index in [-0.39, 0.29) is 12.0 Å². The SMILES string of the molecule is Cc1c(Cl)nc(C(C)(C)C)nc1NCCCC(C)CO. The monoisotopic (exact) mass is 299 g/mol. The lowest BCUT2D eigenvalue weighted by Gasteiger charge is -2.19. The number of halogens is 1. The smallest absolute Gasteiger partial charge is 0.137 e. The summed E-state index contributed by atoms with van der Waals surface area (Å²) in [6, 6.07) is 0. The summed E-state index contributed by atoms with van der Waals surface area (Å²) in [7, 11) is 0. The van der Waals surface area contributed by atoms with Gasteiger partial charge in [0, 0.05) is 24.1 Å². The van der Waals surface area contributed by atoms with Crippen molar-refractivity contribution >= 4 is 17.4 Å². The average molecular weight is 300 g/mol. The highest BCUT2D eigenvalue weighted by atomic mass is 35.5. The van der Waals surface area contributed by atoms with Gasteiger partial charge in [0.05, 0.1) is 0 Å². The first kappa shape index (κ1) is 17.2. The molecule has 1 unspecified atom stereocenters. The molecule has 1 rings (SSSR count). The predicted molar refractivity (Wildman–Crippen MR) is 84.5 cm³/mol. The fraction of sp³-hybridized carbons (Fsp3) is 0.733. The molecule has 0 aliphatic heterocycles. The van der Waals surface area contributed by atoms with Crippen LogP contribution in [-0.2, 0) is 5.41 Å². The van der Waals surface area contributed by atoms with E-state index in [9.17, 15) is 0 Å². The minimum Gasteiger partial charge on any atom is -0.396 e. The van der Waals surface area contributed by atoms with Crippen molar-refractivity contribution in [2.75, 3.05) is 18.5 Å². The fourth-order valence-corrected chi connectivity index (χ4v) is 1.91. The Hall–Kier alpha value is -0.870. The van der Waals surface area contributed by atoms with Gasteiger partial charge in [0.2, 0.25) is 0 Å². The molecule has 2 N–H and O–H groups in total. The van der Waals surface area contributed by atoms with Crippen LogP contribution >= 0.6 is 11.6 Å². The van der Waals surface area contributed by atoms with Crippen LogP contribution < -0.4 is 5.32 Å². The van der Waals surface area contributed by atoms with E-state index in [0.717, 1.165) is 36.6 Å². The molecule has 0 aromatic carbocycles. The van der Waals surface area contributed by atoms with Crippen LogP contribution in [-0.4, -0.2) is 28.2 Å². The number of rotatable bonds is 6. The third-order valence-electron chi connectivity index (χ3n) is 3.24. The normalized spacial score (nSPS) is 13.3. The molecule has 0 spiro atoms. The van der Waals surface area contributed by atoms with Crippen LogP contribution in [0.2, 0.25) is 5.15 Å². The second-order valence-electron chi connectivity index (χ2n) is 6.42. The zero-order valence-corrected chi connectivity index (χ0v) is 13.9. The van der Waals surface area contributed by atoms with Gasteiger partial charge in [-0.2, -0.15) is 0 Å². The van der Waals surface area contributed by atoms with E-state index in [2.05, 4.69) is 36.1 Å². The largest absolute Gasteiger partial charge is 0.396 e. The third kappa shape index (κ3) is 4.91. The maximum atomic E-state index is 9.00. The van der Waals surface area contributed by atoms with E-state index in [4.69, 9.17) is 16.7 Å². The maximum Gasteiger partial charge on any atom is 0.137 e. The molecule has 0 saturated carbocycles. The maximum absolute atomic E-state index is 9.00.